The van der Waals surface area contributed by atoms with Crippen molar-refractivity contribution < 1.29 is 43.5 Å². The van der Waals surface area contributed by atoms with Gasteiger partial charge in [-0.25, -0.2) is 4.79 Å². The van der Waals surface area contributed by atoms with Crippen molar-refractivity contribution in [1.29, 1.82) is 0 Å². The summed E-state index contributed by atoms with van der Waals surface area (Å²) in [6, 6.07) is 2.94. The lowest BCUT2D eigenvalue weighted by molar-refractivity contribution is -0.140. The summed E-state index contributed by atoms with van der Waals surface area (Å²) in [5.41, 5.74) is 4.68. The monoisotopic (exact) mass is 548 g/mol. The largest absolute Gasteiger partial charge is 0.508 e. The molecule has 11 heteroatoms. The Balaban J connectivity index is 2.22. The number of nitrogens with one attached hydrogen (secondary N) is 1. The van der Waals surface area contributed by atoms with E-state index in [1.165, 1.54) is 20.1 Å². The Kier molecular flexibility index (Phi) is 9.63. The number of ether oxygens (including phenoxy) is 4. The van der Waals surface area contributed by atoms with Crippen LogP contribution in [0.5, 0.6) is 11.5 Å². The van der Waals surface area contributed by atoms with E-state index < -0.39 is 48.1 Å². The van der Waals surface area contributed by atoms with Crippen LogP contribution in [-0.2, 0) is 30.2 Å². The second kappa shape index (κ2) is 12.4. The molecule has 0 spiro atoms. The van der Waals surface area contributed by atoms with E-state index in [9.17, 15) is 24.6 Å². The molecule has 2 bridgehead atoms. The van der Waals surface area contributed by atoms with E-state index in [0.717, 1.165) is 0 Å². The number of fused-ring (bicyclic) bond motifs is 1. The average Bonchev–Trinajstić information content (AvgIpc) is 2.82. The van der Waals surface area contributed by atoms with E-state index in [1.807, 2.05) is 13.0 Å². The van der Waals surface area contributed by atoms with Crippen LogP contribution >= 0.6 is 0 Å². The van der Waals surface area contributed by atoms with E-state index in [0.29, 0.717) is 29.7 Å². The molecule has 39 heavy (non-hydrogen) atoms. The van der Waals surface area contributed by atoms with Gasteiger partial charge in [0.25, 0.3) is 5.91 Å². The molecule has 0 unspecified atom stereocenters. The van der Waals surface area contributed by atoms with Crippen molar-refractivity contribution >= 4 is 23.5 Å². The molecule has 1 aromatic carbocycles. The minimum atomic E-state index is -2.10. The standard InChI is InChI=1S/C28H40N2O9/c1-14-7-17-10-18(31)11-20-25(17)38-23(21(8-14)36-5)15(2)9-16(3)24(39-27(29)34)22(37-6)12-19(32)13-28(4,35)26(33)30-20/h9-11,14-15,21-24,31,35H,7-8,12-13H2,1-6H3,(H2,29,34)(H,30,33)/b16-9-/t14-,15+,21+,22+,23-,24+,28+/m1/s1. The molecule has 0 radical (unpaired) electrons. The van der Waals surface area contributed by atoms with Crippen molar-refractivity contribution in [3.63, 3.8) is 0 Å². The Morgan fingerprint density at radius 2 is 1.82 bits per heavy atom. The minimum Gasteiger partial charge on any atom is -0.508 e. The van der Waals surface area contributed by atoms with Crippen molar-refractivity contribution in [2.45, 2.75) is 83.4 Å². The van der Waals surface area contributed by atoms with Crippen molar-refractivity contribution in [2.75, 3.05) is 19.5 Å². The molecular formula is C28H40N2O9. The van der Waals surface area contributed by atoms with Crippen LogP contribution in [0.4, 0.5) is 10.5 Å². The number of methoxy groups -OCH3 is 2. The summed E-state index contributed by atoms with van der Waals surface area (Å²) in [4.78, 5) is 38.0. The van der Waals surface area contributed by atoms with Gasteiger partial charge in [0, 0.05) is 44.6 Å². The summed E-state index contributed by atoms with van der Waals surface area (Å²) < 4.78 is 23.3. The number of hydrogen-bond donors (Lipinski definition) is 4. The first-order chi connectivity index (χ1) is 18.2. The maximum Gasteiger partial charge on any atom is 0.405 e. The minimum absolute atomic E-state index is 0.0768. The summed E-state index contributed by atoms with van der Waals surface area (Å²) in [5, 5.41) is 24.1. The SMILES string of the molecule is CO[C@H]1C[C@H](C)Cc2cc(O)cc3c2O[C@@H]1[C@@H](C)/C=C(/C)[C@H](OC(N)=O)[C@@H](OC)CC(=O)C[C@](C)(O)C(=O)N3. The molecule has 3 rings (SSSR count). The third-order valence-corrected chi connectivity index (χ3v) is 7.36. The number of carbonyl (C=O) groups excluding carboxylic acids is 3. The highest BCUT2D eigenvalue weighted by Crippen LogP contribution is 2.41. The van der Waals surface area contributed by atoms with Gasteiger partial charge in [-0.15, -0.1) is 0 Å². The molecule has 0 saturated heterocycles. The van der Waals surface area contributed by atoms with Gasteiger partial charge in [0.2, 0.25) is 0 Å². The number of anilines is 1. The summed E-state index contributed by atoms with van der Waals surface area (Å²) >= 11 is 0. The number of Topliss-reactive ketones (excluding diaryl/α,β-unsaturated/α-hetero) is 1. The van der Waals surface area contributed by atoms with Gasteiger partial charge in [0.15, 0.2) is 6.10 Å². The third-order valence-electron chi connectivity index (χ3n) is 7.36. The molecule has 2 amide bonds. The van der Waals surface area contributed by atoms with Crippen LogP contribution in [-0.4, -0.2) is 72.2 Å². The van der Waals surface area contributed by atoms with E-state index in [4.69, 9.17) is 24.7 Å². The van der Waals surface area contributed by atoms with Crippen molar-refractivity contribution in [3.8, 4) is 11.5 Å². The number of aromatic hydroxyl groups is 1. The molecule has 0 fully saturated rings. The van der Waals surface area contributed by atoms with Crippen LogP contribution < -0.4 is 15.8 Å². The Labute approximate surface area is 228 Å². The molecular weight excluding hydrogens is 508 g/mol. The van der Waals surface area contributed by atoms with E-state index >= 15 is 0 Å². The normalized spacial score (nSPS) is 33.7. The molecule has 2 aliphatic rings. The Bertz CT molecular complexity index is 1120. The Hall–Kier alpha value is -3.15. The zero-order valence-corrected chi connectivity index (χ0v) is 23.4. The second-order valence-corrected chi connectivity index (χ2v) is 10.9. The highest BCUT2D eigenvalue weighted by atomic mass is 16.6. The molecule has 0 aliphatic carbocycles. The Morgan fingerprint density at radius 1 is 1.15 bits per heavy atom. The number of aliphatic hydroxyl groups is 1. The first kappa shape index (κ1) is 30.4. The predicted molar refractivity (Wildman–Crippen MR) is 142 cm³/mol. The molecule has 1 aromatic rings. The van der Waals surface area contributed by atoms with Gasteiger partial charge in [-0.05, 0) is 44.2 Å². The quantitative estimate of drug-likeness (QED) is 0.415. The highest BCUT2D eigenvalue weighted by Gasteiger charge is 2.39. The average molecular weight is 549 g/mol. The Morgan fingerprint density at radius 3 is 2.44 bits per heavy atom. The molecule has 2 heterocycles. The van der Waals surface area contributed by atoms with Crippen molar-refractivity contribution in [1.82, 2.24) is 0 Å². The molecule has 7 atom stereocenters. The molecule has 11 nitrogen and oxygen atoms in total. The zero-order valence-electron chi connectivity index (χ0n) is 23.4. The fourth-order valence-electron chi connectivity index (χ4n) is 5.46. The maximum absolute atomic E-state index is 13.2. The number of amides is 2. The summed E-state index contributed by atoms with van der Waals surface area (Å²) in [6.07, 6.45) is -1.60. The first-order valence-corrected chi connectivity index (χ1v) is 13.0. The third kappa shape index (κ3) is 7.28. The van der Waals surface area contributed by atoms with Gasteiger partial charge < -0.3 is 40.2 Å². The number of benzene rings is 1. The smallest absolute Gasteiger partial charge is 0.405 e. The van der Waals surface area contributed by atoms with E-state index in [1.54, 1.807) is 20.1 Å². The van der Waals surface area contributed by atoms with Crippen LogP contribution in [0.3, 0.4) is 0 Å². The van der Waals surface area contributed by atoms with Crippen LogP contribution in [0.1, 0.15) is 52.5 Å². The van der Waals surface area contributed by atoms with Crippen molar-refractivity contribution in [3.05, 3.63) is 29.3 Å². The molecule has 216 valence electrons. The van der Waals surface area contributed by atoms with Crippen molar-refractivity contribution in [2.24, 2.45) is 17.6 Å². The van der Waals surface area contributed by atoms with Gasteiger partial charge in [0.05, 0.1) is 11.8 Å². The molecule has 0 saturated carbocycles. The van der Waals surface area contributed by atoms with Crippen LogP contribution in [0.15, 0.2) is 23.8 Å². The number of primary amides is 1. The van der Waals surface area contributed by atoms with Gasteiger partial charge in [-0.3, -0.25) is 9.59 Å². The number of phenolic OH excluding ortho intramolecular Hbond substituents is 1. The van der Waals surface area contributed by atoms with E-state index in [-0.39, 0.29) is 35.8 Å². The maximum atomic E-state index is 13.2. The van der Waals surface area contributed by atoms with Crippen LogP contribution in [0, 0.1) is 11.8 Å². The van der Waals surface area contributed by atoms with Gasteiger partial charge in [0.1, 0.15) is 35.1 Å². The number of carbonyl (C=O) groups is 3. The zero-order chi connectivity index (χ0) is 29.1. The first-order valence-electron chi connectivity index (χ1n) is 13.0. The van der Waals surface area contributed by atoms with Gasteiger partial charge in [-0.2, -0.15) is 0 Å². The fourth-order valence-corrected chi connectivity index (χ4v) is 5.46. The molecule has 2 aliphatic heterocycles. The van der Waals surface area contributed by atoms with Crippen LogP contribution in [0.2, 0.25) is 0 Å². The molecule has 5 N–H and O–H groups in total. The summed E-state index contributed by atoms with van der Waals surface area (Å²) in [5.74, 6) is -1.26. The lowest BCUT2D eigenvalue weighted by Crippen LogP contribution is -2.43. The number of nitrogens with two attached hydrogens (primary N) is 1. The van der Waals surface area contributed by atoms with Gasteiger partial charge >= 0.3 is 6.09 Å². The lowest BCUT2D eigenvalue weighted by Gasteiger charge is -2.36. The summed E-state index contributed by atoms with van der Waals surface area (Å²) in [7, 11) is 2.97. The lowest BCUT2D eigenvalue weighted by atomic mass is 9.86. The second-order valence-electron chi connectivity index (χ2n) is 10.9. The number of rotatable bonds is 3. The predicted octanol–water partition coefficient (Wildman–Crippen LogP) is 2.85. The highest BCUT2D eigenvalue weighted by molar-refractivity contribution is 6.01. The molecule has 0 aromatic heterocycles. The topological polar surface area (TPSA) is 167 Å². The van der Waals surface area contributed by atoms with Gasteiger partial charge in [-0.1, -0.05) is 19.9 Å². The number of hydrogen-bond acceptors (Lipinski definition) is 9. The number of phenols is 1. The summed E-state index contributed by atoms with van der Waals surface area (Å²) in [6.45, 7) is 6.95. The van der Waals surface area contributed by atoms with E-state index in [2.05, 4.69) is 12.2 Å². The fraction of sp³-hybridized carbons (Fsp3) is 0.607. The van der Waals surface area contributed by atoms with Crippen LogP contribution in [0.25, 0.3) is 0 Å². The number of ketones is 1.